The molecule has 0 saturated carbocycles. The number of hydrogen-bond acceptors (Lipinski definition) is 1. The van der Waals surface area contributed by atoms with Gasteiger partial charge >= 0.3 is 0 Å². The van der Waals surface area contributed by atoms with E-state index in [0.717, 1.165) is 12.0 Å². The molecule has 0 heterocycles. The monoisotopic (exact) mass is 290 g/mol. The number of carbonyl (C=O) groups excluding carboxylic acids is 1. The van der Waals surface area contributed by atoms with E-state index in [4.69, 9.17) is 0 Å². The van der Waals surface area contributed by atoms with Gasteiger partial charge in [-0.25, -0.2) is 0 Å². The maximum Gasteiger partial charge on any atom is 0.159 e. The highest BCUT2D eigenvalue weighted by molar-refractivity contribution is 5.96. The minimum Gasteiger partial charge on any atom is -0.295 e. The number of hydrogen-bond donors (Lipinski definition) is 0. The summed E-state index contributed by atoms with van der Waals surface area (Å²) in [7, 11) is 0. The van der Waals surface area contributed by atoms with E-state index >= 15 is 0 Å². The molecule has 0 aliphatic carbocycles. The lowest BCUT2D eigenvalue weighted by molar-refractivity contribution is -0.113. The average molecular weight is 290 g/mol. The number of rotatable bonds is 9. The topological polar surface area (TPSA) is 17.1 Å². The normalized spacial score (nSPS) is 14.5. The van der Waals surface area contributed by atoms with Crippen LogP contribution < -0.4 is 0 Å². The first-order chi connectivity index (χ1) is 9.92. The Morgan fingerprint density at radius 2 is 1.52 bits per heavy atom. The first-order valence-electron chi connectivity index (χ1n) is 8.48. The zero-order valence-electron chi connectivity index (χ0n) is 15.2. The van der Waals surface area contributed by atoms with Crippen LogP contribution in [-0.2, 0) is 4.79 Å². The Morgan fingerprint density at radius 1 is 1.00 bits per heavy atom. The van der Waals surface area contributed by atoms with E-state index in [2.05, 4.69) is 40.7 Å². The van der Waals surface area contributed by atoms with Gasteiger partial charge in [0, 0.05) is 5.57 Å². The molecule has 0 aromatic heterocycles. The fraction of sp³-hybridized carbons (Fsp3) is 0.650. The van der Waals surface area contributed by atoms with E-state index in [1.807, 2.05) is 13.0 Å². The van der Waals surface area contributed by atoms with Crippen molar-refractivity contribution in [3.8, 4) is 0 Å². The molecule has 0 N–H and O–H groups in total. The predicted octanol–water partition coefficient (Wildman–Crippen LogP) is 6.41. The first-order valence-corrected chi connectivity index (χ1v) is 8.48. The van der Waals surface area contributed by atoms with E-state index in [1.165, 1.54) is 42.4 Å². The molecule has 0 fully saturated rings. The highest BCUT2D eigenvalue weighted by atomic mass is 16.1. The van der Waals surface area contributed by atoms with E-state index in [9.17, 15) is 4.79 Å². The first kappa shape index (κ1) is 19.9. The number of Topliss-reactive ketones (excluding diaryl/α,β-unsaturated/α-hetero) is 1. The van der Waals surface area contributed by atoms with E-state index in [0.29, 0.717) is 5.92 Å². The van der Waals surface area contributed by atoms with Crippen molar-refractivity contribution >= 4 is 5.78 Å². The molecular weight excluding hydrogens is 256 g/mol. The summed E-state index contributed by atoms with van der Waals surface area (Å²) in [5, 5.41) is 0. The third-order valence-corrected chi connectivity index (χ3v) is 4.19. The summed E-state index contributed by atoms with van der Waals surface area (Å²) in [6.45, 7) is 14.7. The van der Waals surface area contributed by atoms with Gasteiger partial charge < -0.3 is 0 Å². The van der Waals surface area contributed by atoms with Gasteiger partial charge in [-0.2, -0.15) is 0 Å². The number of carbonyl (C=O) groups is 1. The summed E-state index contributed by atoms with van der Waals surface area (Å²) < 4.78 is 0. The van der Waals surface area contributed by atoms with Crippen LogP contribution in [0.5, 0.6) is 0 Å². The van der Waals surface area contributed by atoms with Gasteiger partial charge in [0.15, 0.2) is 5.78 Å². The van der Waals surface area contributed by atoms with Gasteiger partial charge in [-0.1, -0.05) is 45.3 Å². The molecule has 120 valence electrons. The molecule has 1 nitrogen and oxygen atoms in total. The maximum absolute atomic E-state index is 11.7. The van der Waals surface area contributed by atoms with E-state index in [-0.39, 0.29) is 5.78 Å². The van der Waals surface area contributed by atoms with Crippen molar-refractivity contribution in [2.75, 3.05) is 0 Å². The Morgan fingerprint density at radius 3 is 1.86 bits per heavy atom. The largest absolute Gasteiger partial charge is 0.295 e. The predicted molar refractivity (Wildman–Crippen MR) is 94.5 cm³/mol. The quantitative estimate of drug-likeness (QED) is 0.354. The lowest BCUT2D eigenvalue weighted by Crippen LogP contribution is -2.09. The average Bonchev–Trinajstić information content (AvgIpc) is 2.44. The van der Waals surface area contributed by atoms with Crippen molar-refractivity contribution in [1.82, 2.24) is 0 Å². The molecule has 0 unspecified atom stereocenters. The van der Waals surface area contributed by atoms with Crippen molar-refractivity contribution in [3.05, 3.63) is 34.4 Å². The second-order valence-corrected chi connectivity index (χ2v) is 5.95. The van der Waals surface area contributed by atoms with Crippen molar-refractivity contribution in [1.29, 1.82) is 0 Å². The summed E-state index contributed by atoms with van der Waals surface area (Å²) in [6, 6.07) is 0. The lowest BCUT2D eigenvalue weighted by Gasteiger charge is -2.23. The van der Waals surface area contributed by atoms with Crippen molar-refractivity contribution in [2.45, 2.75) is 80.6 Å². The zero-order chi connectivity index (χ0) is 16.4. The van der Waals surface area contributed by atoms with Crippen molar-refractivity contribution in [2.24, 2.45) is 5.92 Å². The molecule has 0 atom stereocenters. The fourth-order valence-corrected chi connectivity index (χ4v) is 3.03. The molecule has 0 amide bonds. The van der Waals surface area contributed by atoms with Crippen molar-refractivity contribution in [3.63, 3.8) is 0 Å². The molecule has 0 aliphatic heterocycles. The standard InChI is InChI=1S/C20H34O/c1-8-12-19(13-9-2)20(15(5)10-3)16(6)14-18(11-4)17(7)21/h11,14,19H,8-10,12-13H2,1-7H3/b16-14-,18-11+,20-15-. The fourth-order valence-electron chi connectivity index (χ4n) is 3.03. The van der Waals surface area contributed by atoms with Crippen LogP contribution in [0.2, 0.25) is 0 Å². The van der Waals surface area contributed by atoms with Gasteiger partial charge in [0.1, 0.15) is 0 Å². The molecule has 0 aromatic rings. The summed E-state index contributed by atoms with van der Waals surface area (Å²) in [5.74, 6) is 0.772. The molecule has 0 bridgehead atoms. The molecular formula is C20H34O. The Bertz CT molecular complexity index is 415. The third kappa shape index (κ3) is 6.46. The molecule has 0 spiro atoms. The third-order valence-electron chi connectivity index (χ3n) is 4.19. The second-order valence-electron chi connectivity index (χ2n) is 5.95. The smallest absolute Gasteiger partial charge is 0.159 e. The van der Waals surface area contributed by atoms with Crippen LogP contribution >= 0.6 is 0 Å². The summed E-state index contributed by atoms with van der Waals surface area (Å²) in [4.78, 5) is 11.7. The number of ketones is 1. The Balaban J connectivity index is 5.72. The molecule has 0 rings (SSSR count). The minimum atomic E-state index is 0.146. The molecule has 0 saturated heterocycles. The molecule has 1 heteroatoms. The van der Waals surface area contributed by atoms with Crippen LogP contribution in [0.4, 0.5) is 0 Å². The molecule has 0 radical (unpaired) electrons. The van der Waals surface area contributed by atoms with Crippen LogP contribution in [0, 0.1) is 5.92 Å². The van der Waals surface area contributed by atoms with Gasteiger partial charge in [0.05, 0.1) is 0 Å². The summed E-state index contributed by atoms with van der Waals surface area (Å²) in [6.07, 6.45) is 9.96. The van der Waals surface area contributed by atoms with Crippen LogP contribution in [0.3, 0.4) is 0 Å². The van der Waals surface area contributed by atoms with Gasteiger partial charge in [0.2, 0.25) is 0 Å². The zero-order valence-corrected chi connectivity index (χ0v) is 15.2. The molecule has 21 heavy (non-hydrogen) atoms. The highest BCUT2D eigenvalue weighted by Crippen LogP contribution is 2.32. The van der Waals surface area contributed by atoms with Crippen LogP contribution in [-0.4, -0.2) is 5.78 Å². The van der Waals surface area contributed by atoms with Crippen LogP contribution in [0.1, 0.15) is 80.6 Å². The maximum atomic E-state index is 11.7. The van der Waals surface area contributed by atoms with E-state index in [1.54, 1.807) is 6.92 Å². The van der Waals surface area contributed by atoms with Crippen LogP contribution in [0.25, 0.3) is 0 Å². The van der Waals surface area contributed by atoms with Gasteiger partial charge in [0.25, 0.3) is 0 Å². The van der Waals surface area contributed by atoms with Gasteiger partial charge in [-0.05, 0) is 70.1 Å². The van der Waals surface area contributed by atoms with Crippen LogP contribution in [0.15, 0.2) is 34.4 Å². The Kier molecular flexibility index (Phi) is 10.0. The molecule has 0 aliphatic rings. The van der Waals surface area contributed by atoms with Gasteiger partial charge in [-0.3, -0.25) is 4.79 Å². The summed E-state index contributed by atoms with van der Waals surface area (Å²) in [5.41, 5.74) is 5.04. The highest BCUT2D eigenvalue weighted by Gasteiger charge is 2.17. The number of allylic oxidation sites excluding steroid dienone is 6. The van der Waals surface area contributed by atoms with E-state index < -0.39 is 0 Å². The summed E-state index contributed by atoms with van der Waals surface area (Å²) >= 11 is 0. The van der Waals surface area contributed by atoms with Gasteiger partial charge in [-0.15, -0.1) is 0 Å². The SMILES string of the molecule is C\C=C(/C=C(C)\C(=C(/C)CC)C(CCC)CCC)C(C)=O. The Labute approximate surface area is 132 Å². The second kappa shape index (κ2) is 10.6. The lowest BCUT2D eigenvalue weighted by atomic mass is 9.82. The van der Waals surface area contributed by atoms with Crippen molar-refractivity contribution < 1.29 is 4.79 Å². The molecule has 0 aromatic carbocycles. The minimum absolute atomic E-state index is 0.146. The Hall–Kier alpha value is -1.11.